The second-order valence-corrected chi connectivity index (χ2v) is 10.2. The largest absolute Gasteiger partial charge is 0.396 e. The first kappa shape index (κ1) is 27.1. The highest BCUT2D eigenvalue weighted by atomic mass is 32.2. The Bertz CT molecular complexity index is 1140. The lowest BCUT2D eigenvalue weighted by Gasteiger charge is -2.02. The van der Waals surface area contributed by atoms with Gasteiger partial charge in [0.15, 0.2) is 0 Å². The second kappa shape index (κ2) is 12.8. The van der Waals surface area contributed by atoms with Crippen LogP contribution in [-0.4, -0.2) is 40.9 Å². The molecule has 174 valence electrons. The summed E-state index contributed by atoms with van der Waals surface area (Å²) < 4.78 is 90.2. The SMILES string of the molecule is CSC(=NS(=O)(=O)c1ccc(N)c(F)c1)SC.Nc1ccc(S(N)(=O)=O)cc1F.[2H]CF. The smallest absolute Gasteiger partial charge is 0.283 e. The third-order valence-corrected chi connectivity index (χ3v) is 7.41. The number of alkyl halides is 1. The predicted molar refractivity (Wildman–Crippen MR) is 122 cm³/mol. The first-order valence-electron chi connectivity index (χ1n) is 8.35. The van der Waals surface area contributed by atoms with Gasteiger partial charge < -0.3 is 11.5 Å². The summed E-state index contributed by atoms with van der Waals surface area (Å²) in [5.41, 5.74) is 10.2. The standard InChI is InChI=1S/C9H11FN2O2S3.C6H7FN2O2S.CH3F/c1-15-9(16-2)12-17(13,14)6-3-4-8(11)7(10)5-6;7-5-3-4(12(9,10)11)1-2-6(5)8;1-2/h3-5H,11H2,1-2H3;1-3H,8H2,(H2,9,10,11);1H3/i;;1D. The molecule has 2 rings (SSSR count). The first-order valence-corrected chi connectivity index (χ1v) is 13.1. The molecular formula is C16H21F3N4O4S4. The van der Waals surface area contributed by atoms with Crippen molar-refractivity contribution in [3.8, 4) is 0 Å². The normalized spacial score (nSPS) is 11.2. The summed E-state index contributed by atoms with van der Waals surface area (Å²) in [6.45, 7) is 0. The van der Waals surface area contributed by atoms with E-state index < -0.39 is 38.8 Å². The summed E-state index contributed by atoms with van der Waals surface area (Å²) in [4.78, 5) is -0.487. The summed E-state index contributed by atoms with van der Waals surface area (Å²) in [5.74, 6) is -1.56. The number of nitrogens with zero attached hydrogens (tertiary/aromatic N) is 1. The van der Waals surface area contributed by atoms with E-state index in [9.17, 15) is 30.0 Å². The summed E-state index contributed by atoms with van der Waals surface area (Å²) in [7, 11) is -8.71. The van der Waals surface area contributed by atoms with E-state index in [4.69, 9.17) is 18.0 Å². The molecule has 0 radical (unpaired) electrons. The highest BCUT2D eigenvalue weighted by Crippen LogP contribution is 2.21. The van der Waals surface area contributed by atoms with Gasteiger partial charge in [0, 0.05) is 0 Å². The van der Waals surface area contributed by atoms with E-state index in [-0.39, 0.29) is 21.2 Å². The van der Waals surface area contributed by atoms with E-state index in [0.29, 0.717) is 4.38 Å². The van der Waals surface area contributed by atoms with Gasteiger partial charge >= 0.3 is 0 Å². The number of nitrogens with two attached hydrogens (primary N) is 3. The van der Waals surface area contributed by atoms with Crippen LogP contribution < -0.4 is 16.6 Å². The number of nitrogen functional groups attached to an aromatic ring is 2. The molecule has 0 bridgehead atoms. The molecule has 0 atom stereocenters. The van der Waals surface area contributed by atoms with E-state index in [1.807, 2.05) is 0 Å². The molecule has 0 fully saturated rings. The minimum atomic E-state index is -3.87. The van der Waals surface area contributed by atoms with Crippen molar-refractivity contribution in [3.05, 3.63) is 48.0 Å². The number of hydrogen-bond acceptors (Lipinski definition) is 8. The lowest BCUT2D eigenvalue weighted by molar-refractivity contribution is 0.592. The highest BCUT2D eigenvalue weighted by Gasteiger charge is 2.16. The number of primary sulfonamides is 1. The van der Waals surface area contributed by atoms with E-state index >= 15 is 0 Å². The lowest BCUT2D eigenvalue weighted by Crippen LogP contribution is -2.12. The Morgan fingerprint density at radius 3 is 1.68 bits per heavy atom. The van der Waals surface area contributed by atoms with Crippen molar-refractivity contribution in [2.24, 2.45) is 9.54 Å². The molecule has 6 N–H and O–H groups in total. The quantitative estimate of drug-likeness (QED) is 0.317. The Hall–Kier alpha value is -1.94. The molecule has 0 heterocycles. The van der Waals surface area contributed by atoms with Crippen LogP contribution in [0.15, 0.2) is 50.6 Å². The van der Waals surface area contributed by atoms with Crippen LogP contribution in [0.1, 0.15) is 1.37 Å². The van der Waals surface area contributed by atoms with Crippen LogP contribution in [0, 0.1) is 11.6 Å². The van der Waals surface area contributed by atoms with Crippen molar-refractivity contribution in [1.82, 2.24) is 0 Å². The Morgan fingerprint density at radius 1 is 0.935 bits per heavy atom. The Morgan fingerprint density at radius 2 is 1.32 bits per heavy atom. The van der Waals surface area contributed by atoms with Gasteiger partial charge in [-0.1, -0.05) is 0 Å². The molecule has 2 aromatic rings. The maximum Gasteiger partial charge on any atom is 0.283 e. The fraction of sp³-hybridized carbons (Fsp3) is 0.188. The van der Waals surface area contributed by atoms with Crippen molar-refractivity contribution in [1.29, 1.82) is 0 Å². The van der Waals surface area contributed by atoms with Gasteiger partial charge in [0.1, 0.15) is 16.0 Å². The zero-order chi connectivity index (χ0) is 25.1. The van der Waals surface area contributed by atoms with Crippen LogP contribution in [0.2, 0.25) is 0 Å². The van der Waals surface area contributed by atoms with Gasteiger partial charge in [0.25, 0.3) is 10.0 Å². The van der Waals surface area contributed by atoms with Gasteiger partial charge in [-0.2, -0.15) is 8.42 Å². The van der Waals surface area contributed by atoms with E-state index in [2.05, 4.69) is 4.40 Å². The van der Waals surface area contributed by atoms with Crippen LogP contribution >= 0.6 is 23.5 Å². The molecule has 8 nitrogen and oxygen atoms in total. The van der Waals surface area contributed by atoms with Gasteiger partial charge in [0.05, 0.1) is 29.7 Å². The maximum atomic E-state index is 13.2. The fourth-order valence-electron chi connectivity index (χ4n) is 1.66. The molecule has 31 heavy (non-hydrogen) atoms. The van der Waals surface area contributed by atoms with Gasteiger partial charge in [-0.05, 0) is 48.9 Å². The Labute approximate surface area is 189 Å². The van der Waals surface area contributed by atoms with Crippen LogP contribution in [0.5, 0.6) is 0 Å². The predicted octanol–water partition coefficient (Wildman–Crippen LogP) is 2.82. The molecule has 0 saturated heterocycles. The second-order valence-electron chi connectivity index (χ2n) is 5.15. The van der Waals surface area contributed by atoms with Gasteiger partial charge in [0.2, 0.25) is 10.0 Å². The molecular weight excluding hydrogens is 497 g/mol. The minimum Gasteiger partial charge on any atom is -0.396 e. The lowest BCUT2D eigenvalue weighted by atomic mass is 10.3. The average molecular weight is 520 g/mol. The van der Waals surface area contributed by atoms with Crippen molar-refractivity contribution in [2.75, 3.05) is 31.1 Å². The molecule has 2 aromatic carbocycles. The average Bonchev–Trinajstić information content (AvgIpc) is 2.70. The van der Waals surface area contributed by atoms with Crippen LogP contribution in [0.4, 0.5) is 24.5 Å². The Balaban J connectivity index is 0.000000559. The molecule has 0 spiro atoms. The maximum absolute atomic E-state index is 13.2. The van der Waals surface area contributed by atoms with Crippen molar-refractivity contribution in [2.45, 2.75) is 9.79 Å². The monoisotopic (exact) mass is 519 g/mol. The molecule has 0 aliphatic heterocycles. The minimum absolute atomic E-state index is 0.0945. The van der Waals surface area contributed by atoms with Crippen molar-refractivity contribution < 1.29 is 31.4 Å². The molecule has 0 amide bonds. The van der Waals surface area contributed by atoms with Crippen LogP contribution in [0.3, 0.4) is 0 Å². The molecule has 0 aliphatic carbocycles. The van der Waals surface area contributed by atoms with Gasteiger partial charge in [-0.15, -0.1) is 27.9 Å². The molecule has 0 aromatic heterocycles. The number of halogens is 3. The third-order valence-electron chi connectivity index (χ3n) is 3.11. The number of thioether (sulfide) groups is 2. The molecule has 0 saturated carbocycles. The third kappa shape index (κ3) is 9.39. The highest BCUT2D eigenvalue weighted by molar-refractivity contribution is 8.38. The zero-order valence-electron chi connectivity index (χ0n) is 17.3. The number of sulfonamides is 2. The zero-order valence-corrected chi connectivity index (χ0v) is 19.5. The number of rotatable bonds is 3. The summed E-state index contributed by atoms with van der Waals surface area (Å²) in [6, 6.07) is 6.38. The number of hydrogen-bond donors (Lipinski definition) is 3. The molecule has 0 unspecified atom stereocenters. The topological polar surface area (TPSA) is 159 Å². The van der Waals surface area contributed by atoms with Crippen LogP contribution in [-0.2, 0) is 20.0 Å². The summed E-state index contributed by atoms with van der Waals surface area (Å²) in [5, 5.41) is 4.74. The summed E-state index contributed by atoms with van der Waals surface area (Å²) in [6.07, 6.45) is 3.43. The first-order chi connectivity index (χ1) is 14.7. The van der Waals surface area contributed by atoms with Gasteiger partial charge in [-0.25, -0.2) is 22.3 Å². The Kier molecular flexibility index (Phi) is 11.2. The fourth-order valence-corrected chi connectivity index (χ4v) is 4.83. The molecule has 0 aliphatic rings. The van der Waals surface area contributed by atoms with Crippen molar-refractivity contribution >= 4 is 59.3 Å². The van der Waals surface area contributed by atoms with Gasteiger partial charge in [-0.3, -0.25) is 4.39 Å². The van der Waals surface area contributed by atoms with Crippen LogP contribution in [0.25, 0.3) is 0 Å². The van der Waals surface area contributed by atoms with E-state index in [1.54, 1.807) is 12.5 Å². The number of benzene rings is 2. The van der Waals surface area contributed by atoms with Crippen molar-refractivity contribution in [3.63, 3.8) is 0 Å². The number of anilines is 2. The van der Waals surface area contributed by atoms with E-state index in [1.165, 1.54) is 35.7 Å². The molecule has 15 heteroatoms. The summed E-state index contributed by atoms with van der Waals surface area (Å²) >= 11 is 2.43. The van der Waals surface area contributed by atoms with E-state index in [0.717, 1.165) is 24.3 Å².